The second kappa shape index (κ2) is 8.52. The van der Waals surface area contributed by atoms with E-state index in [0.717, 1.165) is 9.21 Å². The Hall–Kier alpha value is -3.38. The summed E-state index contributed by atoms with van der Waals surface area (Å²) in [4.78, 5) is 38.9. The monoisotopic (exact) mass is 478 g/mol. The predicted molar refractivity (Wildman–Crippen MR) is 118 cm³/mol. The fraction of sp³-hybridized carbons (Fsp3) is 0.381. The summed E-state index contributed by atoms with van der Waals surface area (Å²) in [7, 11) is 0.233. The molecule has 1 unspecified atom stereocenters. The molecule has 11 nitrogen and oxygen atoms in total. The number of anilines is 1. The predicted octanol–water partition coefficient (Wildman–Crippen LogP) is 1.56. The number of ether oxygens (including phenoxy) is 1. The molecule has 0 aliphatic carbocycles. The van der Waals surface area contributed by atoms with Crippen molar-refractivity contribution in [2.24, 2.45) is 0 Å². The third kappa shape index (κ3) is 4.31. The molecule has 3 rings (SSSR count). The average Bonchev–Trinajstić information content (AvgIpc) is 3.19. The van der Waals surface area contributed by atoms with Crippen LogP contribution in [0, 0.1) is 13.8 Å². The lowest BCUT2D eigenvalue weighted by atomic mass is 9.92. The van der Waals surface area contributed by atoms with Gasteiger partial charge in [-0.15, -0.1) is 0 Å². The molecular weight excluding hydrogens is 452 g/mol. The fourth-order valence-electron chi connectivity index (χ4n) is 3.65. The number of nitrogens with zero attached hydrogens (tertiary/aromatic N) is 2. The Morgan fingerprint density at radius 2 is 1.91 bits per heavy atom. The number of nitrogens with one attached hydrogen (secondary N) is 2. The molecule has 1 fully saturated rings. The second-order valence-electron chi connectivity index (χ2n) is 7.97. The van der Waals surface area contributed by atoms with Gasteiger partial charge in [-0.1, -0.05) is 0 Å². The van der Waals surface area contributed by atoms with Crippen LogP contribution in [0.1, 0.15) is 24.0 Å². The highest BCUT2D eigenvalue weighted by atomic mass is 32.2. The lowest BCUT2D eigenvalue weighted by molar-refractivity contribution is -0.133. The number of sulfonamides is 1. The summed E-state index contributed by atoms with van der Waals surface area (Å²) in [5.41, 5.74) is -0.695. The van der Waals surface area contributed by atoms with Crippen molar-refractivity contribution >= 4 is 33.6 Å². The number of rotatable bonds is 7. The van der Waals surface area contributed by atoms with Gasteiger partial charge in [-0.05, 0) is 45.0 Å². The van der Waals surface area contributed by atoms with Gasteiger partial charge in [-0.25, -0.2) is 17.5 Å². The number of imide groups is 1. The molecule has 1 aliphatic rings. The Labute approximate surface area is 191 Å². The summed E-state index contributed by atoms with van der Waals surface area (Å²) in [6.07, 6.45) is 0. The Bertz CT molecular complexity index is 1240. The van der Waals surface area contributed by atoms with Gasteiger partial charge in [0.2, 0.25) is 15.9 Å². The molecule has 0 spiro atoms. The molecule has 1 atom stereocenters. The Morgan fingerprint density at radius 1 is 1.24 bits per heavy atom. The van der Waals surface area contributed by atoms with Crippen LogP contribution in [0.15, 0.2) is 33.6 Å². The van der Waals surface area contributed by atoms with E-state index in [9.17, 15) is 22.8 Å². The summed E-state index contributed by atoms with van der Waals surface area (Å²) in [5.74, 6) is -0.0940. The topological polar surface area (TPSA) is 138 Å². The molecule has 0 saturated carbocycles. The quantitative estimate of drug-likeness (QED) is 0.576. The number of furan rings is 1. The third-order valence-corrected chi connectivity index (χ3v) is 7.20. The molecule has 0 bridgehead atoms. The number of aryl methyl sites for hydroxylation is 2. The summed E-state index contributed by atoms with van der Waals surface area (Å²) < 4.78 is 36.8. The maximum absolute atomic E-state index is 13.1. The minimum atomic E-state index is -3.85. The first-order valence-electron chi connectivity index (χ1n) is 9.93. The van der Waals surface area contributed by atoms with E-state index in [1.54, 1.807) is 26.8 Å². The van der Waals surface area contributed by atoms with Gasteiger partial charge in [0.05, 0.1) is 7.11 Å². The molecule has 1 aromatic heterocycles. The van der Waals surface area contributed by atoms with Gasteiger partial charge in [0.15, 0.2) is 0 Å². The van der Waals surface area contributed by atoms with Crippen molar-refractivity contribution in [3.8, 4) is 5.75 Å². The molecule has 2 N–H and O–H groups in total. The molecule has 12 heteroatoms. The maximum Gasteiger partial charge on any atom is 0.325 e. The standard InChI is InChI=1S/C21H26N4O7S/c1-12-9-15(13(2)32-12)21(3)19(27)25(20(28)23-21)11-18(26)22-14-7-8-16(31-6)17(10-14)33(29,30)24(4)5/h7-10H,11H2,1-6H3,(H,22,26)(H,23,28). The SMILES string of the molecule is COc1ccc(NC(=O)CN2C(=O)NC(C)(c3cc(C)oc3C)C2=O)cc1S(=O)(=O)N(C)C. The lowest BCUT2D eigenvalue weighted by Gasteiger charge is -2.21. The Morgan fingerprint density at radius 3 is 2.45 bits per heavy atom. The molecule has 0 radical (unpaired) electrons. The first kappa shape index (κ1) is 24.3. The van der Waals surface area contributed by atoms with Crippen molar-refractivity contribution in [2.75, 3.05) is 33.1 Å². The highest BCUT2D eigenvalue weighted by Gasteiger charge is 2.51. The van der Waals surface area contributed by atoms with Gasteiger partial charge in [-0.3, -0.25) is 14.5 Å². The van der Waals surface area contributed by atoms with Crippen LogP contribution in [0.5, 0.6) is 5.75 Å². The van der Waals surface area contributed by atoms with E-state index in [0.29, 0.717) is 17.1 Å². The van der Waals surface area contributed by atoms with E-state index in [1.165, 1.54) is 39.4 Å². The zero-order valence-electron chi connectivity index (χ0n) is 19.2. The zero-order valence-corrected chi connectivity index (χ0v) is 20.0. The summed E-state index contributed by atoms with van der Waals surface area (Å²) >= 11 is 0. The van der Waals surface area contributed by atoms with Crippen LogP contribution < -0.4 is 15.4 Å². The zero-order chi connectivity index (χ0) is 24.7. The molecule has 2 heterocycles. The minimum Gasteiger partial charge on any atom is -0.495 e. The van der Waals surface area contributed by atoms with Gasteiger partial charge in [-0.2, -0.15) is 0 Å². The van der Waals surface area contributed by atoms with E-state index >= 15 is 0 Å². The van der Waals surface area contributed by atoms with Gasteiger partial charge < -0.3 is 19.8 Å². The molecule has 4 amide bonds. The van der Waals surface area contributed by atoms with Gasteiger partial charge in [0, 0.05) is 25.3 Å². The van der Waals surface area contributed by atoms with Crippen LogP contribution >= 0.6 is 0 Å². The van der Waals surface area contributed by atoms with Crippen molar-refractivity contribution < 1.29 is 32.0 Å². The van der Waals surface area contributed by atoms with E-state index in [1.807, 2.05) is 0 Å². The van der Waals surface area contributed by atoms with Crippen molar-refractivity contribution in [2.45, 2.75) is 31.2 Å². The number of carbonyl (C=O) groups is 3. The molecule has 1 aliphatic heterocycles. The molecule has 1 aromatic carbocycles. The van der Waals surface area contributed by atoms with Gasteiger partial charge in [0.25, 0.3) is 5.91 Å². The normalized spacial score (nSPS) is 18.6. The van der Waals surface area contributed by atoms with E-state index in [4.69, 9.17) is 9.15 Å². The first-order valence-corrected chi connectivity index (χ1v) is 11.4. The number of benzene rings is 1. The smallest absolute Gasteiger partial charge is 0.325 e. The first-order chi connectivity index (χ1) is 15.3. The second-order valence-corrected chi connectivity index (χ2v) is 10.1. The summed E-state index contributed by atoms with van der Waals surface area (Å²) in [5, 5.41) is 5.15. The number of hydrogen-bond acceptors (Lipinski definition) is 7. The van der Waals surface area contributed by atoms with E-state index in [-0.39, 0.29) is 16.3 Å². The number of amides is 4. The Kier molecular flexibility index (Phi) is 6.27. The number of methoxy groups -OCH3 is 1. The number of hydrogen-bond donors (Lipinski definition) is 2. The van der Waals surface area contributed by atoms with Crippen LogP contribution in [0.4, 0.5) is 10.5 Å². The highest BCUT2D eigenvalue weighted by molar-refractivity contribution is 7.89. The van der Waals surface area contributed by atoms with Crippen molar-refractivity contribution in [3.05, 3.63) is 41.3 Å². The molecule has 2 aromatic rings. The fourth-order valence-corrected chi connectivity index (χ4v) is 4.72. The van der Waals surface area contributed by atoms with Gasteiger partial charge >= 0.3 is 6.03 Å². The van der Waals surface area contributed by atoms with Crippen LogP contribution in [-0.4, -0.2) is 63.2 Å². The molecular formula is C21H26N4O7S. The van der Waals surface area contributed by atoms with E-state index < -0.39 is 40.0 Å². The van der Waals surface area contributed by atoms with Crippen LogP contribution in [0.3, 0.4) is 0 Å². The average molecular weight is 479 g/mol. The lowest BCUT2D eigenvalue weighted by Crippen LogP contribution is -2.42. The van der Waals surface area contributed by atoms with Gasteiger partial charge in [0.1, 0.15) is 34.2 Å². The van der Waals surface area contributed by atoms with Crippen molar-refractivity contribution in [3.63, 3.8) is 0 Å². The highest BCUT2D eigenvalue weighted by Crippen LogP contribution is 2.33. The van der Waals surface area contributed by atoms with Crippen LogP contribution in [-0.2, 0) is 25.2 Å². The minimum absolute atomic E-state index is 0.109. The number of carbonyl (C=O) groups excluding carboxylic acids is 3. The number of urea groups is 1. The third-order valence-electron chi connectivity index (χ3n) is 5.36. The van der Waals surface area contributed by atoms with Crippen molar-refractivity contribution in [1.29, 1.82) is 0 Å². The molecule has 1 saturated heterocycles. The summed E-state index contributed by atoms with van der Waals surface area (Å²) in [6.45, 7) is 4.40. The maximum atomic E-state index is 13.1. The Balaban J connectivity index is 1.81. The molecule has 178 valence electrons. The van der Waals surface area contributed by atoms with Crippen molar-refractivity contribution in [1.82, 2.24) is 14.5 Å². The molecule has 33 heavy (non-hydrogen) atoms. The van der Waals surface area contributed by atoms with E-state index in [2.05, 4.69) is 10.6 Å². The summed E-state index contributed by atoms with van der Waals surface area (Å²) in [6, 6.07) is 5.06. The largest absolute Gasteiger partial charge is 0.495 e. The van der Waals surface area contributed by atoms with Crippen LogP contribution in [0.2, 0.25) is 0 Å². The van der Waals surface area contributed by atoms with Crippen LogP contribution in [0.25, 0.3) is 0 Å².